The Morgan fingerprint density at radius 2 is 1.93 bits per heavy atom. The highest BCUT2D eigenvalue weighted by Gasteiger charge is 2.48. The number of Topliss-reactive ketones (excluding diaryl/α,β-unsaturated/α-hetero) is 1. The number of nitrogens with zero attached hydrogens (tertiary/aromatic N) is 2. The van der Waals surface area contributed by atoms with Crippen LogP contribution in [0.4, 0.5) is 5.13 Å². The number of rotatable bonds is 8. The van der Waals surface area contributed by atoms with E-state index >= 15 is 0 Å². The molecule has 6 rings (SSSR count). The van der Waals surface area contributed by atoms with Crippen molar-refractivity contribution in [2.24, 2.45) is 0 Å². The lowest BCUT2D eigenvalue weighted by atomic mass is 9.94. The highest BCUT2D eigenvalue weighted by atomic mass is 35.5. The molecule has 1 N–H and O–H groups in total. The highest BCUT2D eigenvalue weighted by molar-refractivity contribution is 7.22. The molecule has 4 aromatic rings. The molecule has 0 saturated carbocycles. The molecule has 1 amide bonds. The van der Waals surface area contributed by atoms with Crippen LogP contribution in [0.15, 0.2) is 60.2 Å². The molecule has 0 aliphatic carbocycles. The van der Waals surface area contributed by atoms with E-state index in [0.717, 1.165) is 22.4 Å². The fourth-order valence-electron chi connectivity index (χ4n) is 5.35. The Hall–Kier alpha value is -4.08. The number of carbonyl (C=O) groups is 2. The van der Waals surface area contributed by atoms with Gasteiger partial charge in [-0.05, 0) is 79.9 Å². The number of fused-ring (bicyclic) bond motifs is 2. The van der Waals surface area contributed by atoms with Gasteiger partial charge in [-0.15, -0.1) is 0 Å². The van der Waals surface area contributed by atoms with Gasteiger partial charge in [-0.1, -0.05) is 35.9 Å². The van der Waals surface area contributed by atoms with E-state index < -0.39 is 17.7 Å². The monoisotopic (exact) mass is 604 g/mol. The van der Waals surface area contributed by atoms with Crippen LogP contribution in [0.25, 0.3) is 16.0 Å². The van der Waals surface area contributed by atoms with E-state index in [0.29, 0.717) is 57.9 Å². The predicted molar refractivity (Wildman–Crippen MR) is 163 cm³/mol. The Bertz CT molecular complexity index is 1750. The molecule has 1 fully saturated rings. The molecule has 2 atom stereocenters. The third-order valence-electron chi connectivity index (χ3n) is 7.20. The number of ether oxygens (including phenoxy) is 3. The number of aliphatic hydroxyl groups excluding tert-OH is 1. The number of amides is 1. The topological polar surface area (TPSA) is 98.2 Å². The minimum Gasteiger partial charge on any atom is -0.507 e. The first kappa shape index (κ1) is 28.1. The molecule has 0 radical (unpaired) electrons. The second-order valence-corrected chi connectivity index (χ2v) is 11.7. The molecule has 216 valence electrons. The lowest BCUT2D eigenvalue weighted by molar-refractivity contribution is -0.132. The summed E-state index contributed by atoms with van der Waals surface area (Å²) >= 11 is 7.46. The van der Waals surface area contributed by atoms with E-state index in [1.54, 1.807) is 48.5 Å². The number of carbonyl (C=O) groups excluding carboxylic acids is 2. The molecule has 3 aromatic carbocycles. The Labute approximate surface area is 252 Å². The SMILES string of the molecule is CCCOc1ccc([C@@H]2C(=C(O)c3ccc4c(c3)C[C@H](C)O4)C(=O)C(=O)N2c2nc3ccc(Cl)cc3s2)cc1OCC. The summed E-state index contributed by atoms with van der Waals surface area (Å²) in [5, 5.41) is 12.5. The van der Waals surface area contributed by atoms with Crippen LogP contribution in [0.1, 0.15) is 49.9 Å². The number of hydrogen-bond acceptors (Lipinski definition) is 8. The summed E-state index contributed by atoms with van der Waals surface area (Å²) in [4.78, 5) is 33.5. The molecule has 2 aliphatic rings. The standard InChI is InChI=1S/C32H29ClN2O6S/c1-4-12-40-24-11-6-18(15-25(24)39-5-2)28-27(29(36)19-7-10-23-20(14-19)13-17(3)41-23)30(37)31(38)35(28)32-34-22-9-8-21(33)16-26(22)42-32/h6-11,14-17,28,36H,4-5,12-13H2,1-3H3/t17-,28+/m0/s1. The zero-order valence-electron chi connectivity index (χ0n) is 23.3. The normalized spacial score (nSPS) is 19.3. The number of anilines is 1. The first-order valence-electron chi connectivity index (χ1n) is 13.9. The average molecular weight is 605 g/mol. The van der Waals surface area contributed by atoms with Crippen LogP contribution in [0.3, 0.4) is 0 Å². The van der Waals surface area contributed by atoms with E-state index in [-0.39, 0.29) is 17.4 Å². The number of benzene rings is 3. The molecule has 0 bridgehead atoms. The van der Waals surface area contributed by atoms with Crippen molar-refractivity contribution in [2.45, 2.75) is 45.8 Å². The Kier molecular flexibility index (Phi) is 7.55. The number of hydrogen-bond donors (Lipinski definition) is 1. The Morgan fingerprint density at radius 1 is 1.10 bits per heavy atom. The van der Waals surface area contributed by atoms with Crippen molar-refractivity contribution in [3.05, 3.63) is 81.9 Å². The third-order valence-corrected chi connectivity index (χ3v) is 8.46. The van der Waals surface area contributed by atoms with E-state index in [1.165, 1.54) is 16.2 Å². The van der Waals surface area contributed by atoms with Crippen LogP contribution in [-0.4, -0.2) is 41.1 Å². The molecule has 1 aromatic heterocycles. The van der Waals surface area contributed by atoms with Crippen molar-refractivity contribution in [3.63, 3.8) is 0 Å². The number of halogens is 1. The van der Waals surface area contributed by atoms with Crippen LogP contribution >= 0.6 is 22.9 Å². The Morgan fingerprint density at radius 3 is 2.71 bits per heavy atom. The van der Waals surface area contributed by atoms with Gasteiger partial charge in [0.25, 0.3) is 5.78 Å². The van der Waals surface area contributed by atoms with Gasteiger partial charge in [0, 0.05) is 17.0 Å². The van der Waals surface area contributed by atoms with E-state index in [2.05, 4.69) is 4.98 Å². The number of aliphatic hydroxyl groups is 1. The van der Waals surface area contributed by atoms with Crippen LogP contribution in [0.5, 0.6) is 17.2 Å². The summed E-state index contributed by atoms with van der Waals surface area (Å²) in [7, 11) is 0. The highest BCUT2D eigenvalue weighted by Crippen LogP contribution is 2.46. The minimum absolute atomic E-state index is 0.0148. The average Bonchev–Trinajstić information content (AvgIpc) is 3.63. The molecular weight excluding hydrogens is 576 g/mol. The lowest BCUT2D eigenvalue weighted by Gasteiger charge is -2.24. The maximum Gasteiger partial charge on any atom is 0.301 e. The molecule has 0 unspecified atom stereocenters. The summed E-state index contributed by atoms with van der Waals surface area (Å²) in [5.74, 6) is -0.0707. The van der Waals surface area contributed by atoms with Crippen LogP contribution in [-0.2, 0) is 16.0 Å². The number of thiazole rings is 1. The summed E-state index contributed by atoms with van der Waals surface area (Å²) < 4.78 is 18.4. The van der Waals surface area contributed by atoms with Gasteiger partial charge in [-0.2, -0.15) is 0 Å². The van der Waals surface area contributed by atoms with Crippen molar-refractivity contribution >= 4 is 55.7 Å². The molecule has 1 saturated heterocycles. The quantitative estimate of drug-likeness (QED) is 0.130. The van der Waals surface area contributed by atoms with Gasteiger partial charge < -0.3 is 19.3 Å². The maximum atomic E-state index is 13.7. The second-order valence-electron chi connectivity index (χ2n) is 10.2. The zero-order valence-corrected chi connectivity index (χ0v) is 24.9. The molecule has 10 heteroatoms. The second kappa shape index (κ2) is 11.3. The van der Waals surface area contributed by atoms with Gasteiger partial charge in [-0.3, -0.25) is 14.5 Å². The van der Waals surface area contributed by atoms with Crippen molar-refractivity contribution in [1.82, 2.24) is 4.98 Å². The molecule has 0 spiro atoms. The Balaban J connectivity index is 1.53. The van der Waals surface area contributed by atoms with E-state index in [4.69, 9.17) is 25.8 Å². The van der Waals surface area contributed by atoms with Crippen molar-refractivity contribution in [3.8, 4) is 17.2 Å². The number of ketones is 1. The zero-order chi connectivity index (χ0) is 29.5. The van der Waals surface area contributed by atoms with Gasteiger partial charge in [0.05, 0.1) is 35.0 Å². The van der Waals surface area contributed by atoms with Crippen LogP contribution < -0.4 is 19.1 Å². The summed E-state index contributed by atoms with van der Waals surface area (Å²) in [6.45, 7) is 6.75. The van der Waals surface area contributed by atoms with Gasteiger partial charge in [0.2, 0.25) is 0 Å². The van der Waals surface area contributed by atoms with Gasteiger partial charge in [-0.25, -0.2) is 4.98 Å². The summed E-state index contributed by atoms with van der Waals surface area (Å²) in [5.41, 5.74) is 2.54. The smallest absolute Gasteiger partial charge is 0.301 e. The molecule has 42 heavy (non-hydrogen) atoms. The van der Waals surface area contributed by atoms with Crippen molar-refractivity contribution < 1.29 is 28.9 Å². The first-order valence-corrected chi connectivity index (χ1v) is 15.0. The van der Waals surface area contributed by atoms with Crippen LogP contribution in [0, 0.1) is 0 Å². The van der Waals surface area contributed by atoms with Crippen molar-refractivity contribution in [1.29, 1.82) is 0 Å². The summed E-state index contributed by atoms with van der Waals surface area (Å²) in [6.07, 6.45) is 1.51. The third kappa shape index (κ3) is 4.97. The maximum absolute atomic E-state index is 13.7. The van der Waals surface area contributed by atoms with Crippen molar-refractivity contribution in [2.75, 3.05) is 18.1 Å². The van der Waals surface area contributed by atoms with E-state index in [1.807, 2.05) is 26.8 Å². The molecular formula is C32H29ClN2O6S. The predicted octanol–water partition coefficient (Wildman–Crippen LogP) is 7.09. The summed E-state index contributed by atoms with van der Waals surface area (Å²) in [6, 6.07) is 14.9. The molecule has 3 heterocycles. The lowest BCUT2D eigenvalue weighted by Crippen LogP contribution is -2.29. The fourth-order valence-corrected chi connectivity index (χ4v) is 6.62. The van der Waals surface area contributed by atoms with E-state index in [9.17, 15) is 14.7 Å². The largest absolute Gasteiger partial charge is 0.507 e. The first-order chi connectivity index (χ1) is 20.3. The number of aromatic nitrogens is 1. The fraction of sp³-hybridized carbons (Fsp3) is 0.281. The van der Waals surface area contributed by atoms with Crippen LogP contribution in [0.2, 0.25) is 5.02 Å². The molecule has 2 aliphatic heterocycles. The van der Waals surface area contributed by atoms with Gasteiger partial charge in [0.1, 0.15) is 17.6 Å². The van der Waals surface area contributed by atoms with Gasteiger partial charge >= 0.3 is 5.91 Å². The van der Waals surface area contributed by atoms with Gasteiger partial charge in [0.15, 0.2) is 16.6 Å². The minimum atomic E-state index is -0.969. The molecule has 8 nitrogen and oxygen atoms in total.